The highest BCUT2D eigenvalue weighted by molar-refractivity contribution is 7.89. The number of carbonyl (C=O) groups is 1. The fourth-order valence-corrected chi connectivity index (χ4v) is 3.71. The van der Waals surface area contributed by atoms with Crippen molar-refractivity contribution in [1.29, 1.82) is 0 Å². The van der Waals surface area contributed by atoms with E-state index in [0.29, 0.717) is 6.42 Å². The number of carboxylic acid groups (broad SMARTS) is 1. The van der Waals surface area contributed by atoms with E-state index in [4.69, 9.17) is 21.8 Å². The fraction of sp³-hybridized carbons (Fsp3) is 0.417. The quantitative estimate of drug-likeness (QED) is 0.792. The second kappa shape index (κ2) is 7.03. The topological polar surface area (TPSA) is 94.9 Å². The average molecular weight is 322 g/mol. The SMILES string of the molecule is CCCN(CCO)S(=O)(=O)c1cc(C(=O)O)ccc1Cl. The van der Waals surface area contributed by atoms with Crippen molar-refractivity contribution in [2.45, 2.75) is 18.2 Å². The van der Waals surface area contributed by atoms with Crippen molar-refractivity contribution in [2.75, 3.05) is 19.7 Å². The lowest BCUT2D eigenvalue weighted by molar-refractivity contribution is 0.0696. The molecule has 0 unspecified atom stereocenters. The molecule has 0 aliphatic carbocycles. The van der Waals surface area contributed by atoms with Crippen molar-refractivity contribution in [3.05, 3.63) is 28.8 Å². The van der Waals surface area contributed by atoms with Crippen LogP contribution in [0.3, 0.4) is 0 Å². The van der Waals surface area contributed by atoms with Gasteiger partial charge in [0.05, 0.1) is 17.2 Å². The number of aliphatic hydroxyl groups excluding tert-OH is 1. The number of aromatic carboxylic acids is 1. The molecule has 0 atom stereocenters. The molecule has 1 aromatic rings. The first-order chi connectivity index (χ1) is 9.34. The van der Waals surface area contributed by atoms with E-state index in [9.17, 15) is 13.2 Å². The summed E-state index contributed by atoms with van der Waals surface area (Å²) in [5, 5.41) is 17.8. The van der Waals surface area contributed by atoms with Crippen LogP contribution >= 0.6 is 11.6 Å². The summed E-state index contributed by atoms with van der Waals surface area (Å²) >= 11 is 5.87. The molecule has 0 aromatic heterocycles. The first-order valence-corrected chi connectivity index (χ1v) is 7.80. The first kappa shape index (κ1) is 16.9. The van der Waals surface area contributed by atoms with Crippen LogP contribution in [0.5, 0.6) is 0 Å². The molecule has 1 rings (SSSR count). The summed E-state index contributed by atoms with van der Waals surface area (Å²) in [7, 11) is -3.93. The van der Waals surface area contributed by atoms with Gasteiger partial charge < -0.3 is 10.2 Å². The minimum atomic E-state index is -3.93. The van der Waals surface area contributed by atoms with Crippen LogP contribution in [-0.2, 0) is 10.0 Å². The Kier molecular flexibility index (Phi) is 5.94. The predicted molar refractivity (Wildman–Crippen MR) is 74.5 cm³/mol. The van der Waals surface area contributed by atoms with Crippen molar-refractivity contribution < 1.29 is 23.4 Å². The van der Waals surface area contributed by atoms with E-state index in [1.54, 1.807) is 6.92 Å². The van der Waals surface area contributed by atoms with Crippen LogP contribution in [0.25, 0.3) is 0 Å². The summed E-state index contributed by atoms with van der Waals surface area (Å²) in [4.78, 5) is 10.7. The zero-order chi connectivity index (χ0) is 15.3. The normalized spacial score (nSPS) is 11.8. The van der Waals surface area contributed by atoms with Gasteiger partial charge in [0.25, 0.3) is 0 Å². The molecule has 1 aromatic carbocycles. The summed E-state index contributed by atoms with van der Waals surface area (Å²) < 4.78 is 26.0. The average Bonchev–Trinajstić information content (AvgIpc) is 2.38. The van der Waals surface area contributed by atoms with Gasteiger partial charge >= 0.3 is 5.97 Å². The monoisotopic (exact) mass is 321 g/mol. The Morgan fingerprint density at radius 2 is 2.00 bits per heavy atom. The smallest absolute Gasteiger partial charge is 0.335 e. The molecule has 8 heteroatoms. The van der Waals surface area contributed by atoms with Gasteiger partial charge in [-0.3, -0.25) is 0 Å². The second-order valence-electron chi connectivity index (χ2n) is 4.08. The van der Waals surface area contributed by atoms with E-state index in [1.165, 1.54) is 12.1 Å². The van der Waals surface area contributed by atoms with Crippen LogP contribution in [0, 0.1) is 0 Å². The van der Waals surface area contributed by atoms with Crippen LogP contribution in [0.1, 0.15) is 23.7 Å². The lowest BCUT2D eigenvalue weighted by atomic mass is 10.2. The van der Waals surface area contributed by atoms with Crippen molar-refractivity contribution in [1.82, 2.24) is 4.31 Å². The van der Waals surface area contributed by atoms with Crippen LogP contribution in [0.2, 0.25) is 5.02 Å². The van der Waals surface area contributed by atoms with E-state index >= 15 is 0 Å². The minimum absolute atomic E-state index is 0.0472. The Balaban J connectivity index is 3.32. The Hall–Kier alpha value is -1.15. The Bertz CT molecular complexity index is 582. The highest BCUT2D eigenvalue weighted by atomic mass is 35.5. The minimum Gasteiger partial charge on any atom is -0.478 e. The van der Waals surface area contributed by atoms with Crippen molar-refractivity contribution >= 4 is 27.6 Å². The number of nitrogens with zero attached hydrogens (tertiary/aromatic N) is 1. The van der Waals surface area contributed by atoms with Gasteiger partial charge in [-0.25, -0.2) is 13.2 Å². The van der Waals surface area contributed by atoms with E-state index in [2.05, 4.69) is 0 Å². The van der Waals surface area contributed by atoms with E-state index < -0.39 is 16.0 Å². The molecule has 2 N–H and O–H groups in total. The van der Waals surface area contributed by atoms with Gasteiger partial charge in [0.1, 0.15) is 4.90 Å². The van der Waals surface area contributed by atoms with Crippen molar-refractivity contribution in [3.8, 4) is 0 Å². The molecule has 0 spiro atoms. The number of benzene rings is 1. The lowest BCUT2D eigenvalue weighted by Gasteiger charge is -2.21. The standard InChI is InChI=1S/C12H16ClNO5S/c1-2-5-14(6-7-15)20(18,19)11-8-9(12(16)17)3-4-10(11)13/h3-4,8,15H,2,5-7H2,1H3,(H,16,17). The number of aliphatic hydroxyl groups is 1. The number of halogens is 1. The maximum absolute atomic E-state index is 12.4. The Morgan fingerprint density at radius 1 is 1.35 bits per heavy atom. The fourth-order valence-electron chi connectivity index (χ4n) is 1.69. The largest absolute Gasteiger partial charge is 0.478 e. The van der Waals surface area contributed by atoms with E-state index in [0.717, 1.165) is 10.4 Å². The lowest BCUT2D eigenvalue weighted by Crippen LogP contribution is -2.34. The van der Waals surface area contributed by atoms with Crippen LogP contribution < -0.4 is 0 Å². The highest BCUT2D eigenvalue weighted by Gasteiger charge is 2.26. The molecular formula is C12H16ClNO5S. The van der Waals surface area contributed by atoms with Crippen LogP contribution in [0.4, 0.5) is 0 Å². The maximum Gasteiger partial charge on any atom is 0.335 e. The molecule has 6 nitrogen and oxygen atoms in total. The predicted octanol–water partition coefficient (Wildman–Crippen LogP) is 1.43. The molecule has 0 fully saturated rings. The summed E-state index contributed by atoms with van der Waals surface area (Å²) in [6.07, 6.45) is 0.565. The zero-order valence-corrected chi connectivity index (χ0v) is 12.5. The summed E-state index contributed by atoms with van der Waals surface area (Å²) in [5.74, 6) is -1.23. The molecule has 0 amide bonds. The van der Waals surface area contributed by atoms with Gasteiger partial charge in [0.2, 0.25) is 10.0 Å². The molecule has 0 saturated carbocycles. The Morgan fingerprint density at radius 3 is 2.50 bits per heavy atom. The first-order valence-electron chi connectivity index (χ1n) is 5.98. The molecule has 112 valence electrons. The molecule has 0 bridgehead atoms. The number of hydrogen-bond acceptors (Lipinski definition) is 4. The molecule has 0 saturated heterocycles. The number of rotatable bonds is 7. The van der Waals surface area contributed by atoms with Gasteiger partial charge in [-0.15, -0.1) is 0 Å². The summed E-state index contributed by atoms with van der Waals surface area (Å²) in [6, 6.07) is 3.50. The summed E-state index contributed by atoms with van der Waals surface area (Å²) in [5.41, 5.74) is -0.159. The third-order valence-electron chi connectivity index (χ3n) is 2.62. The number of hydrogen-bond donors (Lipinski definition) is 2. The van der Waals surface area contributed by atoms with Crippen LogP contribution in [0.15, 0.2) is 23.1 Å². The van der Waals surface area contributed by atoms with Crippen molar-refractivity contribution in [2.24, 2.45) is 0 Å². The zero-order valence-electron chi connectivity index (χ0n) is 10.9. The van der Waals surface area contributed by atoms with Crippen molar-refractivity contribution in [3.63, 3.8) is 0 Å². The van der Waals surface area contributed by atoms with Gasteiger partial charge in [0.15, 0.2) is 0 Å². The Labute approximate surface area is 122 Å². The van der Waals surface area contributed by atoms with Gasteiger partial charge in [-0.2, -0.15) is 4.31 Å². The van der Waals surface area contributed by atoms with Gasteiger partial charge in [0, 0.05) is 13.1 Å². The molecular weight excluding hydrogens is 306 g/mol. The number of carboxylic acids is 1. The van der Waals surface area contributed by atoms with Gasteiger partial charge in [-0.1, -0.05) is 18.5 Å². The van der Waals surface area contributed by atoms with E-state index in [-0.39, 0.29) is 35.2 Å². The molecule has 20 heavy (non-hydrogen) atoms. The highest BCUT2D eigenvalue weighted by Crippen LogP contribution is 2.26. The second-order valence-corrected chi connectivity index (χ2v) is 6.39. The van der Waals surface area contributed by atoms with E-state index in [1.807, 2.05) is 0 Å². The molecule has 0 radical (unpaired) electrons. The molecule has 0 aliphatic heterocycles. The summed E-state index contributed by atoms with van der Waals surface area (Å²) in [6.45, 7) is 1.63. The molecule has 0 heterocycles. The third kappa shape index (κ3) is 3.69. The third-order valence-corrected chi connectivity index (χ3v) is 5.00. The maximum atomic E-state index is 12.4. The molecule has 0 aliphatic rings. The number of sulfonamides is 1. The van der Waals surface area contributed by atoms with Gasteiger partial charge in [-0.05, 0) is 24.6 Å². The van der Waals surface area contributed by atoms with Crippen LogP contribution in [-0.4, -0.2) is 48.6 Å².